The molecule has 0 radical (unpaired) electrons. The fourth-order valence-corrected chi connectivity index (χ4v) is 2.65. The van der Waals surface area contributed by atoms with E-state index in [0.717, 1.165) is 37.8 Å². The molecule has 1 aliphatic carbocycles. The van der Waals surface area contributed by atoms with Crippen LogP contribution < -0.4 is 10.6 Å². The minimum atomic E-state index is -0.0764. The Kier molecular flexibility index (Phi) is 5.02. The van der Waals surface area contributed by atoms with Gasteiger partial charge in [-0.15, -0.1) is 0 Å². The molecule has 0 spiro atoms. The van der Waals surface area contributed by atoms with E-state index in [1.54, 1.807) is 6.26 Å². The van der Waals surface area contributed by atoms with Crippen LogP contribution in [0, 0.1) is 6.92 Å². The van der Waals surface area contributed by atoms with Gasteiger partial charge in [0.25, 0.3) is 5.91 Å². The Morgan fingerprint density at radius 3 is 2.58 bits per heavy atom. The molecule has 2 rings (SSSR count). The van der Waals surface area contributed by atoms with Gasteiger partial charge in [-0.3, -0.25) is 4.79 Å². The molecule has 1 aliphatic rings. The minimum Gasteiger partial charge on any atom is -0.459 e. The molecule has 1 amide bonds. The zero-order valence-corrected chi connectivity index (χ0v) is 11.9. The average Bonchev–Trinajstić information content (AvgIpc) is 2.84. The molecule has 1 saturated carbocycles. The molecule has 0 unspecified atom stereocenters. The largest absolute Gasteiger partial charge is 0.459 e. The summed E-state index contributed by atoms with van der Waals surface area (Å²) in [6.45, 7) is 5.17. The van der Waals surface area contributed by atoms with E-state index >= 15 is 0 Å². The van der Waals surface area contributed by atoms with Gasteiger partial charge in [0.05, 0.1) is 6.26 Å². The highest BCUT2D eigenvalue weighted by Crippen LogP contribution is 2.19. The topological polar surface area (TPSA) is 54.3 Å². The quantitative estimate of drug-likeness (QED) is 0.859. The normalized spacial score (nSPS) is 23.3. The summed E-state index contributed by atoms with van der Waals surface area (Å²) in [7, 11) is 0. The summed E-state index contributed by atoms with van der Waals surface area (Å²) in [4.78, 5) is 12.0. The molecule has 1 aromatic heterocycles. The van der Waals surface area contributed by atoms with Gasteiger partial charge < -0.3 is 15.1 Å². The molecule has 1 heterocycles. The first-order chi connectivity index (χ1) is 9.20. The van der Waals surface area contributed by atoms with Crippen molar-refractivity contribution in [2.24, 2.45) is 0 Å². The molecular weight excluding hydrogens is 240 g/mol. The summed E-state index contributed by atoms with van der Waals surface area (Å²) < 4.78 is 5.22. The second kappa shape index (κ2) is 6.75. The van der Waals surface area contributed by atoms with E-state index < -0.39 is 0 Å². The molecule has 0 aliphatic heterocycles. The molecule has 0 aromatic carbocycles. The average molecular weight is 264 g/mol. The van der Waals surface area contributed by atoms with Gasteiger partial charge >= 0.3 is 0 Å². The Bertz CT molecular complexity index is 406. The summed E-state index contributed by atoms with van der Waals surface area (Å²) in [5.74, 6) is 0.374. The van der Waals surface area contributed by atoms with Gasteiger partial charge in [-0.2, -0.15) is 0 Å². The number of carbonyl (C=O) groups excluding carboxylic acids is 1. The van der Waals surface area contributed by atoms with E-state index in [-0.39, 0.29) is 11.9 Å². The van der Waals surface area contributed by atoms with Crippen molar-refractivity contribution in [3.05, 3.63) is 23.7 Å². The Morgan fingerprint density at radius 2 is 2.00 bits per heavy atom. The molecule has 0 atom stereocenters. The van der Waals surface area contributed by atoms with Crippen LogP contribution >= 0.6 is 0 Å². The number of aryl methyl sites for hydroxylation is 1. The second-order valence-corrected chi connectivity index (χ2v) is 5.41. The summed E-state index contributed by atoms with van der Waals surface area (Å²) in [6.07, 6.45) is 7.12. The number of amides is 1. The number of rotatable bonds is 5. The molecule has 4 heteroatoms. The van der Waals surface area contributed by atoms with Crippen molar-refractivity contribution in [3.8, 4) is 0 Å². The van der Waals surface area contributed by atoms with Crippen LogP contribution in [0.1, 0.15) is 55.1 Å². The smallest absolute Gasteiger partial charge is 0.287 e. The van der Waals surface area contributed by atoms with Crippen LogP contribution in [0.4, 0.5) is 0 Å². The third-order valence-electron chi connectivity index (χ3n) is 3.81. The predicted molar refractivity (Wildman–Crippen MR) is 75.2 cm³/mol. The highest BCUT2D eigenvalue weighted by molar-refractivity contribution is 5.92. The summed E-state index contributed by atoms with van der Waals surface area (Å²) in [6, 6.07) is 2.73. The summed E-state index contributed by atoms with van der Waals surface area (Å²) >= 11 is 0. The zero-order chi connectivity index (χ0) is 13.7. The van der Waals surface area contributed by atoms with E-state index in [2.05, 4.69) is 17.6 Å². The zero-order valence-electron chi connectivity index (χ0n) is 11.9. The molecule has 1 aromatic rings. The molecule has 0 bridgehead atoms. The molecule has 0 saturated heterocycles. The SMILES string of the molecule is CCCNC1CCC(NC(=O)c2occc2C)CC1. The molecule has 19 heavy (non-hydrogen) atoms. The maximum atomic E-state index is 12.0. The van der Waals surface area contributed by atoms with Crippen molar-refractivity contribution in [1.29, 1.82) is 0 Å². The van der Waals surface area contributed by atoms with Gasteiger partial charge in [0, 0.05) is 17.6 Å². The van der Waals surface area contributed by atoms with Crippen LogP contribution in [0.15, 0.2) is 16.7 Å². The first-order valence-corrected chi connectivity index (χ1v) is 7.29. The Labute approximate surface area is 114 Å². The molecular formula is C15H24N2O2. The highest BCUT2D eigenvalue weighted by atomic mass is 16.3. The van der Waals surface area contributed by atoms with Crippen LogP contribution in [0.5, 0.6) is 0 Å². The van der Waals surface area contributed by atoms with Gasteiger partial charge in [-0.25, -0.2) is 0 Å². The van der Waals surface area contributed by atoms with Crippen molar-refractivity contribution in [2.75, 3.05) is 6.54 Å². The van der Waals surface area contributed by atoms with E-state index in [4.69, 9.17) is 4.42 Å². The Hall–Kier alpha value is -1.29. The fourth-order valence-electron chi connectivity index (χ4n) is 2.65. The van der Waals surface area contributed by atoms with Gasteiger partial charge in [-0.05, 0) is 51.6 Å². The third kappa shape index (κ3) is 3.83. The lowest BCUT2D eigenvalue weighted by Gasteiger charge is -2.29. The maximum absolute atomic E-state index is 12.0. The molecule has 1 fully saturated rings. The second-order valence-electron chi connectivity index (χ2n) is 5.41. The van der Waals surface area contributed by atoms with Crippen molar-refractivity contribution >= 4 is 5.91 Å². The molecule has 4 nitrogen and oxygen atoms in total. The fraction of sp³-hybridized carbons (Fsp3) is 0.667. The first kappa shape index (κ1) is 14.1. The van der Waals surface area contributed by atoms with Crippen LogP contribution in [-0.4, -0.2) is 24.5 Å². The summed E-state index contributed by atoms with van der Waals surface area (Å²) in [5.41, 5.74) is 0.899. The van der Waals surface area contributed by atoms with Crippen molar-refractivity contribution in [3.63, 3.8) is 0 Å². The van der Waals surface area contributed by atoms with Crippen molar-refractivity contribution < 1.29 is 9.21 Å². The predicted octanol–water partition coefficient (Wildman–Crippen LogP) is 2.63. The monoisotopic (exact) mass is 264 g/mol. The van der Waals surface area contributed by atoms with Gasteiger partial charge in [-0.1, -0.05) is 6.92 Å². The molecule has 2 N–H and O–H groups in total. The van der Waals surface area contributed by atoms with Crippen molar-refractivity contribution in [2.45, 2.75) is 58.0 Å². The number of hydrogen-bond donors (Lipinski definition) is 2. The van der Waals surface area contributed by atoms with Crippen LogP contribution in [-0.2, 0) is 0 Å². The number of nitrogens with one attached hydrogen (secondary N) is 2. The Morgan fingerprint density at radius 1 is 1.32 bits per heavy atom. The van der Waals surface area contributed by atoms with Gasteiger partial charge in [0.1, 0.15) is 0 Å². The summed E-state index contributed by atoms with van der Waals surface area (Å²) in [5, 5.41) is 6.63. The number of furan rings is 1. The van der Waals surface area contributed by atoms with Crippen LogP contribution in [0.2, 0.25) is 0 Å². The van der Waals surface area contributed by atoms with E-state index in [1.165, 1.54) is 6.42 Å². The lowest BCUT2D eigenvalue weighted by molar-refractivity contribution is 0.0895. The van der Waals surface area contributed by atoms with E-state index in [9.17, 15) is 4.79 Å². The van der Waals surface area contributed by atoms with E-state index in [0.29, 0.717) is 11.8 Å². The standard InChI is InChI=1S/C15H24N2O2/c1-3-9-16-12-4-6-13(7-5-12)17-15(18)14-11(2)8-10-19-14/h8,10,12-13,16H,3-7,9H2,1-2H3,(H,17,18). The lowest BCUT2D eigenvalue weighted by Crippen LogP contribution is -2.42. The first-order valence-electron chi connectivity index (χ1n) is 7.29. The lowest BCUT2D eigenvalue weighted by atomic mass is 9.91. The minimum absolute atomic E-state index is 0.0764. The number of hydrogen-bond acceptors (Lipinski definition) is 3. The molecule has 106 valence electrons. The highest BCUT2D eigenvalue weighted by Gasteiger charge is 2.23. The Balaban J connectivity index is 1.77. The van der Waals surface area contributed by atoms with Crippen LogP contribution in [0.3, 0.4) is 0 Å². The third-order valence-corrected chi connectivity index (χ3v) is 3.81. The maximum Gasteiger partial charge on any atom is 0.287 e. The van der Waals surface area contributed by atoms with Gasteiger partial charge in [0.2, 0.25) is 0 Å². The van der Waals surface area contributed by atoms with E-state index in [1.807, 2.05) is 13.0 Å². The number of carbonyl (C=O) groups is 1. The van der Waals surface area contributed by atoms with Gasteiger partial charge in [0.15, 0.2) is 5.76 Å². The van der Waals surface area contributed by atoms with Crippen LogP contribution in [0.25, 0.3) is 0 Å². The van der Waals surface area contributed by atoms with Crippen molar-refractivity contribution in [1.82, 2.24) is 10.6 Å².